The Kier molecular flexibility index (Phi) is 5.64. The summed E-state index contributed by atoms with van der Waals surface area (Å²) < 4.78 is 1.16. The maximum Gasteiger partial charge on any atom is 0.0176 e. The molecule has 0 aromatic heterocycles. The van der Waals surface area contributed by atoms with Gasteiger partial charge in [0.25, 0.3) is 0 Å². The molecule has 0 bridgehead atoms. The molecule has 1 nitrogen and oxygen atoms in total. The van der Waals surface area contributed by atoms with Crippen LogP contribution in [0.15, 0.2) is 40.9 Å². The van der Waals surface area contributed by atoms with E-state index >= 15 is 0 Å². The largest absolute Gasteiger partial charge is 0.302 e. The fourth-order valence-corrected chi connectivity index (χ4v) is 3.61. The zero-order valence-electron chi connectivity index (χ0n) is 14.6. The van der Waals surface area contributed by atoms with Gasteiger partial charge in [-0.15, -0.1) is 0 Å². The molecule has 0 aliphatic heterocycles. The van der Waals surface area contributed by atoms with Crippen LogP contribution in [0.2, 0.25) is 0 Å². The summed E-state index contributed by atoms with van der Waals surface area (Å²) in [5, 5.41) is 0. The molecular formula is C21H30BrN. The second kappa shape index (κ2) is 7.53. The van der Waals surface area contributed by atoms with E-state index in [4.69, 9.17) is 0 Å². The zero-order chi connectivity index (χ0) is 16.4. The van der Waals surface area contributed by atoms with Crippen molar-refractivity contribution in [3.8, 4) is 0 Å². The summed E-state index contributed by atoms with van der Waals surface area (Å²) in [6, 6.07) is 8.88. The first-order chi connectivity index (χ1) is 11.0. The van der Waals surface area contributed by atoms with Gasteiger partial charge in [-0.25, -0.2) is 0 Å². The zero-order valence-corrected chi connectivity index (χ0v) is 16.2. The van der Waals surface area contributed by atoms with Crippen LogP contribution in [0.3, 0.4) is 0 Å². The molecule has 2 aliphatic carbocycles. The van der Waals surface area contributed by atoms with Gasteiger partial charge in [0.1, 0.15) is 0 Å². The van der Waals surface area contributed by atoms with Crippen LogP contribution in [-0.4, -0.2) is 24.5 Å². The van der Waals surface area contributed by atoms with Gasteiger partial charge in [0.15, 0.2) is 0 Å². The van der Waals surface area contributed by atoms with Gasteiger partial charge in [-0.05, 0) is 61.1 Å². The molecule has 2 saturated carbocycles. The van der Waals surface area contributed by atoms with Gasteiger partial charge in [0.2, 0.25) is 0 Å². The smallest absolute Gasteiger partial charge is 0.0176 e. The summed E-state index contributed by atoms with van der Waals surface area (Å²) in [5.74, 6) is 2.92. The summed E-state index contributed by atoms with van der Waals surface area (Å²) in [7, 11) is 0. The molecule has 126 valence electrons. The number of benzene rings is 1. The van der Waals surface area contributed by atoms with Crippen molar-refractivity contribution in [2.24, 2.45) is 17.8 Å². The Morgan fingerprint density at radius 2 is 1.61 bits per heavy atom. The van der Waals surface area contributed by atoms with E-state index in [-0.39, 0.29) is 0 Å². The Morgan fingerprint density at radius 1 is 1.09 bits per heavy atom. The molecule has 0 spiro atoms. The van der Waals surface area contributed by atoms with Crippen LogP contribution in [-0.2, 0) is 0 Å². The lowest BCUT2D eigenvalue weighted by Gasteiger charge is -2.30. The molecule has 1 aromatic carbocycles. The number of hydrogen-bond donors (Lipinski definition) is 0. The van der Waals surface area contributed by atoms with E-state index in [1.165, 1.54) is 49.9 Å². The average Bonchev–Trinajstić information content (AvgIpc) is 3.41. The highest BCUT2D eigenvalue weighted by Crippen LogP contribution is 2.36. The second-order valence-corrected chi connectivity index (χ2v) is 8.85. The number of rotatable bonds is 9. The minimum Gasteiger partial charge on any atom is -0.302 e. The fourth-order valence-electron chi connectivity index (χ4n) is 3.35. The lowest BCUT2D eigenvalue weighted by atomic mass is 9.85. The molecule has 0 N–H and O–H groups in total. The van der Waals surface area contributed by atoms with E-state index < -0.39 is 0 Å². The lowest BCUT2D eigenvalue weighted by Crippen LogP contribution is -2.33. The molecule has 3 rings (SSSR count). The van der Waals surface area contributed by atoms with Crippen LogP contribution in [0.4, 0.5) is 0 Å². The Morgan fingerprint density at radius 3 is 2.04 bits per heavy atom. The molecule has 2 heteroatoms. The van der Waals surface area contributed by atoms with Crippen molar-refractivity contribution in [3.63, 3.8) is 0 Å². The predicted octanol–water partition coefficient (Wildman–Crippen LogP) is 5.87. The van der Waals surface area contributed by atoms with Crippen molar-refractivity contribution in [1.29, 1.82) is 0 Å². The Balaban J connectivity index is 1.74. The SMILES string of the molecule is C=C(C(C)C)[C@H](CN(CC1CC1)CC1CC1)c1ccc(Br)cc1. The second-order valence-electron chi connectivity index (χ2n) is 7.94. The standard InChI is InChI=1S/C21H30BrN/c1-15(2)16(3)21(19-8-10-20(22)11-9-19)14-23(12-17-4-5-17)13-18-6-7-18/h8-11,15,17-18,21H,3-7,12-14H2,1-2H3/t21-/m0/s1. The first-order valence-corrected chi connectivity index (χ1v) is 9.98. The quantitative estimate of drug-likeness (QED) is 0.488. The highest BCUT2D eigenvalue weighted by Gasteiger charge is 2.31. The third-order valence-electron chi connectivity index (χ3n) is 5.33. The molecule has 1 aromatic rings. The van der Waals surface area contributed by atoms with Gasteiger partial charge in [0, 0.05) is 30.0 Å². The molecule has 2 aliphatic rings. The van der Waals surface area contributed by atoms with E-state index in [0.29, 0.717) is 11.8 Å². The van der Waals surface area contributed by atoms with Crippen LogP contribution in [0.1, 0.15) is 51.0 Å². The van der Waals surface area contributed by atoms with E-state index in [9.17, 15) is 0 Å². The van der Waals surface area contributed by atoms with Gasteiger partial charge < -0.3 is 4.90 Å². The molecule has 1 atom stereocenters. The maximum absolute atomic E-state index is 4.46. The topological polar surface area (TPSA) is 3.24 Å². The van der Waals surface area contributed by atoms with Gasteiger partial charge in [0.05, 0.1) is 0 Å². The first kappa shape index (κ1) is 17.2. The van der Waals surface area contributed by atoms with Crippen LogP contribution in [0.5, 0.6) is 0 Å². The lowest BCUT2D eigenvalue weighted by molar-refractivity contribution is 0.242. The third-order valence-corrected chi connectivity index (χ3v) is 5.86. The van der Waals surface area contributed by atoms with E-state index in [2.05, 4.69) is 65.5 Å². The number of hydrogen-bond acceptors (Lipinski definition) is 1. The first-order valence-electron chi connectivity index (χ1n) is 9.19. The summed E-state index contributed by atoms with van der Waals surface area (Å²) >= 11 is 3.56. The minimum absolute atomic E-state index is 0.459. The van der Waals surface area contributed by atoms with Crippen LogP contribution in [0, 0.1) is 17.8 Å². The molecule has 0 unspecified atom stereocenters. The van der Waals surface area contributed by atoms with Gasteiger partial charge >= 0.3 is 0 Å². The van der Waals surface area contributed by atoms with E-state index in [0.717, 1.165) is 22.9 Å². The molecule has 0 radical (unpaired) electrons. The van der Waals surface area contributed by atoms with Gasteiger partial charge in [-0.1, -0.05) is 54.1 Å². The van der Waals surface area contributed by atoms with Crippen LogP contribution < -0.4 is 0 Å². The monoisotopic (exact) mass is 375 g/mol. The Hall–Kier alpha value is -0.600. The van der Waals surface area contributed by atoms with Crippen LogP contribution >= 0.6 is 15.9 Å². The van der Waals surface area contributed by atoms with Crippen molar-refractivity contribution in [2.75, 3.05) is 19.6 Å². The van der Waals surface area contributed by atoms with Crippen molar-refractivity contribution >= 4 is 15.9 Å². The van der Waals surface area contributed by atoms with E-state index in [1.54, 1.807) is 0 Å². The van der Waals surface area contributed by atoms with Crippen molar-refractivity contribution in [1.82, 2.24) is 4.90 Å². The Labute approximate surface area is 150 Å². The molecule has 0 amide bonds. The molecule has 2 fully saturated rings. The van der Waals surface area contributed by atoms with Gasteiger partial charge in [-0.3, -0.25) is 0 Å². The third kappa shape index (κ3) is 5.19. The van der Waals surface area contributed by atoms with Crippen molar-refractivity contribution < 1.29 is 0 Å². The summed E-state index contributed by atoms with van der Waals surface area (Å²) in [6.07, 6.45) is 5.76. The maximum atomic E-state index is 4.46. The molecule has 0 heterocycles. The summed E-state index contributed by atoms with van der Waals surface area (Å²) in [4.78, 5) is 2.75. The molecular weight excluding hydrogens is 346 g/mol. The highest BCUT2D eigenvalue weighted by atomic mass is 79.9. The van der Waals surface area contributed by atoms with Crippen LogP contribution in [0.25, 0.3) is 0 Å². The van der Waals surface area contributed by atoms with Crippen molar-refractivity contribution in [3.05, 3.63) is 46.5 Å². The highest BCUT2D eigenvalue weighted by molar-refractivity contribution is 9.10. The van der Waals surface area contributed by atoms with Crippen molar-refractivity contribution in [2.45, 2.75) is 45.4 Å². The summed E-state index contributed by atoms with van der Waals surface area (Å²) in [6.45, 7) is 12.8. The van der Waals surface area contributed by atoms with E-state index in [1.807, 2.05) is 0 Å². The predicted molar refractivity (Wildman–Crippen MR) is 103 cm³/mol. The number of nitrogens with zero attached hydrogens (tertiary/aromatic N) is 1. The number of halogens is 1. The Bertz CT molecular complexity index is 511. The van der Waals surface area contributed by atoms with Gasteiger partial charge in [-0.2, -0.15) is 0 Å². The summed E-state index contributed by atoms with van der Waals surface area (Å²) in [5.41, 5.74) is 2.80. The fraction of sp³-hybridized carbons (Fsp3) is 0.619. The normalized spacial score (nSPS) is 19.3. The average molecular weight is 376 g/mol. The minimum atomic E-state index is 0.459. The molecule has 0 saturated heterocycles. The molecule has 23 heavy (non-hydrogen) atoms.